The van der Waals surface area contributed by atoms with E-state index in [1.54, 1.807) is 30.3 Å². The molecule has 114 valence electrons. The second kappa shape index (κ2) is 7.82. The van der Waals surface area contributed by atoms with Crippen LogP contribution in [-0.4, -0.2) is 40.7 Å². The van der Waals surface area contributed by atoms with Gasteiger partial charge in [0.2, 0.25) is 5.91 Å². The van der Waals surface area contributed by atoms with Crippen LogP contribution in [0.4, 0.5) is 4.79 Å². The lowest BCUT2D eigenvalue weighted by Crippen LogP contribution is -2.54. The Labute approximate surface area is 120 Å². The van der Waals surface area contributed by atoms with Gasteiger partial charge in [-0.1, -0.05) is 30.3 Å². The van der Waals surface area contributed by atoms with Gasteiger partial charge in [0.25, 0.3) is 5.91 Å². The van der Waals surface area contributed by atoms with Gasteiger partial charge < -0.3 is 21.3 Å². The molecule has 9 nitrogen and oxygen atoms in total. The van der Waals surface area contributed by atoms with Crippen molar-refractivity contribution in [3.05, 3.63) is 35.9 Å². The molecule has 0 spiro atoms. The summed E-state index contributed by atoms with van der Waals surface area (Å²) >= 11 is 0. The van der Waals surface area contributed by atoms with Crippen LogP contribution in [-0.2, 0) is 9.59 Å². The van der Waals surface area contributed by atoms with Crippen molar-refractivity contribution >= 4 is 17.8 Å². The summed E-state index contributed by atoms with van der Waals surface area (Å²) in [5.74, 6) is -1.79. The number of hydrogen-bond donors (Lipinski definition) is 6. The molecule has 0 unspecified atom stereocenters. The van der Waals surface area contributed by atoms with Crippen LogP contribution < -0.4 is 21.9 Å². The monoisotopic (exact) mass is 296 g/mol. The summed E-state index contributed by atoms with van der Waals surface area (Å²) < 4.78 is 0. The minimum absolute atomic E-state index is 0.350. The third-order valence-electron chi connectivity index (χ3n) is 2.49. The van der Waals surface area contributed by atoms with Crippen LogP contribution in [0.1, 0.15) is 11.7 Å². The van der Waals surface area contributed by atoms with E-state index in [4.69, 9.17) is 10.8 Å². The van der Waals surface area contributed by atoms with Gasteiger partial charge in [0.15, 0.2) is 6.10 Å². The van der Waals surface area contributed by atoms with Crippen molar-refractivity contribution < 1.29 is 24.6 Å². The number of amides is 4. The normalized spacial score (nSPS) is 12.9. The number of hydrazine groups is 1. The number of nitrogens with one attached hydrogen (secondary N) is 3. The third-order valence-corrected chi connectivity index (χ3v) is 2.49. The first-order valence-corrected chi connectivity index (χ1v) is 5.95. The van der Waals surface area contributed by atoms with Crippen molar-refractivity contribution in [3.8, 4) is 0 Å². The van der Waals surface area contributed by atoms with Gasteiger partial charge in [0, 0.05) is 0 Å². The Kier molecular flexibility index (Phi) is 6.11. The lowest BCUT2D eigenvalue weighted by molar-refractivity contribution is -0.130. The summed E-state index contributed by atoms with van der Waals surface area (Å²) in [6.45, 7) is -0.677. The van der Waals surface area contributed by atoms with Crippen molar-refractivity contribution in [2.24, 2.45) is 5.73 Å². The van der Waals surface area contributed by atoms with E-state index in [0.29, 0.717) is 5.56 Å². The van der Waals surface area contributed by atoms with Crippen molar-refractivity contribution in [1.82, 2.24) is 16.2 Å². The highest BCUT2D eigenvalue weighted by Crippen LogP contribution is 2.11. The van der Waals surface area contributed by atoms with Crippen molar-refractivity contribution in [3.63, 3.8) is 0 Å². The molecule has 9 heteroatoms. The summed E-state index contributed by atoms with van der Waals surface area (Å²) in [5.41, 5.74) is 9.15. The predicted molar refractivity (Wildman–Crippen MR) is 71.3 cm³/mol. The van der Waals surface area contributed by atoms with E-state index in [1.165, 1.54) is 0 Å². The molecule has 7 N–H and O–H groups in total. The molecule has 0 bridgehead atoms. The second-order valence-corrected chi connectivity index (χ2v) is 4.04. The number of aliphatic hydroxyl groups excluding tert-OH is 2. The zero-order valence-electron chi connectivity index (χ0n) is 10.9. The van der Waals surface area contributed by atoms with Gasteiger partial charge in [-0.25, -0.2) is 10.2 Å². The minimum atomic E-state index is -1.46. The van der Waals surface area contributed by atoms with Crippen LogP contribution in [0.25, 0.3) is 0 Å². The maximum absolute atomic E-state index is 11.6. The van der Waals surface area contributed by atoms with Crippen molar-refractivity contribution in [2.45, 2.75) is 12.1 Å². The molecule has 0 aliphatic rings. The highest BCUT2D eigenvalue weighted by Gasteiger charge is 2.19. The number of hydrogen-bond acceptors (Lipinski definition) is 5. The Balaban J connectivity index is 2.46. The number of primary amides is 1. The fourth-order valence-corrected chi connectivity index (χ4v) is 1.37. The number of urea groups is 1. The van der Waals surface area contributed by atoms with Gasteiger partial charge in [0.1, 0.15) is 6.04 Å². The van der Waals surface area contributed by atoms with E-state index in [0.717, 1.165) is 0 Å². The minimum Gasteiger partial charge on any atom is -0.394 e. The lowest BCUT2D eigenvalue weighted by Gasteiger charge is -2.15. The van der Waals surface area contributed by atoms with E-state index < -0.39 is 36.6 Å². The Morgan fingerprint density at radius 2 is 1.76 bits per heavy atom. The summed E-state index contributed by atoms with van der Waals surface area (Å²) in [4.78, 5) is 33.7. The molecule has 1 aromatic carbocycles. The van der Waals surface area contributed by atoms with Gasteiger partial charge >= 0.3 is 6.03 Å². The molecule has 0 radical (unpaired) electrons. The fourth-order valence-electron chi connectivity index (χ4n) is 1.37. The number of nitrogens with two attached hydrogens (primary N) is 1. The van der Waals surface area contributed by atoms with Gasteiger partial charge in [-0.15, -0.1) is 0 Å². The van der Waals surface area contributed by atoms with Gasteiger partial charge in [-0.05, 0) is 5.56 Å². The van der Waals surface area contributed by atoms with Crippen LogP contribution in [0.2, 0.25) is 0 Å². The Hall–Kier alpha value is -2.65. The number of aliphatic hydroxyl groups is 2. The molecule has 0 aromatic heterocycles. The molecule has 21 heavy (non-hydrogen) atoms. The topological polar surface area (TPSA) is 154 Å². The molecule has 0 fully saturated rings. The Morgan fingerprint density at radius 3 is 2.29 bits per heavy atom. The summed E-state index contributed by atoms with van der Waals surface area (Å²) in [6.07, 6.45) is -1.46. The van der Waals surface area contributed by atoms with E-state index in [-0.39, 0.29) is 0 Å². The summed E-state index contributed by atoms with van der Waals surface area (Å²) in [7, 11) is 0. The molecule has 1 rings (SSSR count). The number of carbonyl (C=O) groups excluding carboxylic acids is 3. The average molecular weight is 296 g/mol. The molecule has 0 saturated heterocycles. The van der Waals surface area contributed by atoms with Crippen LogP contribution in [0.3, 0.4) is 0 Å². The Morgan fingerprint density at radius 1 is 1.14 bits per heavy atom. The second-order valence-electron chi connectivity index (χ2n) is 4.04. The third kappa shape index (κ3) is 5.09. The average Bonchev–Trinajstić information content (AvgIpc) is 2.49. The molecular weight excluding hydrogens is 280 g/mol. The first-order valence-electron chi connectivity index (χ1n) is 5.95. The number of carbonyl (C=O) groups is 3. The highest BCUT2D eigenvalue weighted by atomic mass is 16.3. The lowest BCUT2D eigenvalue weighted by atomic mass is 10.1. The van der Waals surface area contributed by atoms with Gasteiger partial charge in [-0.2, -0.15) is 0 Å². The van der Waals surface area contributed by atoms with E-state index >= 15 is 0 Å². The molecule has 0 aliphatic heterocycles. The first-order chi connectivity index (χ1) is 9.95. The molecular formula is C12H16N4O5. The summed E-state index contributed by atoms with van der Waals surface area (Å²) in [6, 6.07) is 5.86. The fraction of sp³-hybridized carbons (Fsp3) is 0.250. The van der Waals surface area contributed by atoms with Crippen LogP contribution in [0.15, 0.2) is 30.3 Å². The van der Waals surface area contributed by atoms with Crippen LogP contribution >= 0.6 is 0 Å². The number of benzene rings is 1. The van der Waals surface area contributed by atoms with Crippen LogP contribution in [0, 0.1) is 0 Å². The molecule has 0 aliphatic carbocycles. The van der Waals surface area contributed by atoms with Crippen molar-refractivity contribution in [1.29, 1.82) is 0 Å². The molecule has 0 saturated carbocycles. The number of rotatable bonds is 5. The van der Waals surface area contributed by atoms with E-state index in [2.05, 4.69) is 0 Å². The highest BCUT2D eigenvalue weighted by molar-refractivity contribution is 5.88. The summed E-state index contributed by atoms with van der Waals surface area (Å²) in [5, 5.41) is 20.5. The van der Waals surface area contributed by atoms with E-state index in [1.807, 2.05) is 16.2 Å². The molecule has 4 amide bonds. The van der Waals surface area contributed by atoms with E-state index in [9.17, 15) is 19.5 Å². The molecule has 2 atom stereocenters. The predicted octanol–water partition coefficient (Wildman–Crippen LogP) is -2.10. The zero-order chi connectivity index (χ0) is 15.8. The van der Waals surface area contributed by atoms with Crippen LogP contribution in [0.5, 0.6) is 0 Å². The van der Waals surface area contributed by atoms with Crippen molar-refractivity contribution in [2.75, 3.05) is 6.61 Å². The molecule has 0 heterocycles. The standard InChI is InChI=1S/C12H16N4O5/c13-10(19)8(6-17)14-12(21)16-15-11(20)9(18)7-4-2-1-3-5-7/h1-5,8-9,17-18H,6H2,(H2,13,19)(H,15,20)(H2,14,16,21)/t8-,9+/m0/s1. The smallest absolute Gasteiger partial charge is 0.334 e. The zero-order valence-corrected chi connectivity index (χ0v) is 10.9. The first kappa shape index (κ1) is 16.4. The maximum Gasteiger partial charge on any atom is 0.334 e. The largest absolute Gasteiger partial charge is 0.394 e. The van der Waals surface area contributed by atoms with Gasteiger partial charge in [-0.3, -0.25) is 15.0 Å². The maximum atomic E-state index is 11.6. The SMILES string of the molecule is NC(=O)[C@H](CO)NC(=O)NNC(=O)[C@H](O)c1ccccc1. The molecule has 1 aromatic rings. The Bertz CT molecular complexity index is 508. The quantitative estimate of drug-likeness (QED) is 0.343. The van der Waals surface area contributed by atoms with Gasteiger partial charge in [0.05, 0.1) is 6.61 Å².